The molecule has 7 heteroatoms. The zero-order valence-electron chi connectivity index (χ0n) is 16.7. The van der Waals surface area contributed by atoms with Gasteiger partial charge in [0.2, 0.25) is 0 Å². The van der Waals surface area contributed by atoms with Crippen molar-refractivity contribution < 1.29 is 9.53 Å². The van der Waals surface area contributed by atoms with Crippen molar-refractivity contribution in [3.05, 3.63) is 53.9 Å². The van der Waals surface area contributed by atoms with E-state index in [9.17, 15) is 4.79 Å². The van der Waals surface area contributed by atoms with Gasteiger partial charge in [0.15, 0.2) is 5.65 Å². The molecule has 1 aliphatic heterocycles. The minimum atomic E-state index is -0.117. The van der Waals surface area contributed by atoms with Crippen LogP contribution < -0.4 is 10.6 Å². The van der Waals surface area contributed by atoms with Crippen LogP contribution in [0.3, 0.4) is 0 Å². The SMILES string of the molecule is CCn1ncc2c(NC3CCOCC3)c(C(=O)NCCc3ccccc3)cnc21. The summed E-state index contributed by atoms with van der Waals surface area (Å²) in [7, 11) is 0. The molecule has 7 nitrogen and oxygen atoms in total. The number of aromatic nitrogens is 3. The highest BCUT2D eigenvalue weighted by atomic mass is 16.5. The highest BCUT2D eigenvalue weighted by Crippen LogP contribution is 2.28. The molecule has 0 aliphatic carbocycles. The molecular weight excluding hydrogens is 366 g/mol. The average molecular weight is 393 g/mol. The number of amides is 1. The van der Waals surface area contributed by atoms with E-state index in [0.29, 0.717) is 12.1 Å². The van der Waals surface area contributed by atoms with E-state index in [4.69, 9.17) is 4.74 Å². The lowest BCUT2D eigenvalue weighted by atomic mass is 10.1. The fraction of sp³-hybridized carbons (Fsp3) is 0.409. The van der Waals surface area contributed by atoms with Crippen LogP contribution in [0, 0.1) is 0 Å². The van der Waals surface area contributed by atoms with Crippen molar-refractivity contribution in [2.24, 2.45) is 0 Å². The summed E-state index contributed by atoms with van der Waals surface area (Å²) in [5, 5.41) is 11.9. The summed E-state index contributed by atoms with van der Waals surface area (Å²) in [6.45, 7) is 4.81. The van der Waals surface area contributed by atoms with E-state index in [1.807, 2.05) is 29.8 Å². The van der Waals surface area contributed by atoms with Crippen molar-refractivity contribution >= 4 is 22.6 Å². The molecule has 29 heavy (non-hydrogen) atoms. The van der Waals surface area contributed by atoms with E-state index in [0.717, 1.165) is 55.7 Å². The molecule has 4 rings (SSSR count). The summed E-state index contributed by atoms with van der Waals surface area (Å²) in [5.41, 5.74) is 3.38. The summed E-state index contributed by atoms with van der Waals surface area (Å²) >= 11 is 0. The average Bonchev–Trinajstić information content (AvgIpc) is 3.19. The van der Waals surface area contributed by atoms with Crippen molar-refractivity contribution in [1.29, 1.82) is 0 Å². The molecule has 0 spiro atoms. The Morgan fingerprint density at radius 3 is 2.76 bits per heavy atom. The molecule has 2 N–H and O–H groups in total. The fourth-order valence-corrected chi connectivity index (χ4v) is 3.69. The van der Waals surface area contributed by atoms with Gasteiger partial charge in [-0.3, -0.25) is 4.79 Å². The van der Waals surface area contributed by atoms with E-state index >= 15 is 0 Å². The Hall–Kier alpha value is -2.93. The van der Waals surface area contributed by atoms with Gasteiger partial charge in [0.1, 0.15) is 0 Å². The Morgan fingerprint density at radius 1 is 1.21 bits per heavy atom. The summed E-state index contributed by atoms with van der Waals surface area (Å²) in [6.07, 6.45) is 6.09. The van der Waals surface area contributed by atoms with Crippen LogP contribution in [0.4, 0.5) is 5.69 Å². The number of hydrogen-bond acceptors (Lipinski definition) is 5. The number of nitrogens with zero attached hydrogens (tertiary/aromatic N) is 3. The predicted octanol–water partition coefficient (Wildman–Crippen LogP) is 3.01. The van der Waals surface area contributed by atoms with Gasteiger partial charge in [0, 0.05) is 38.5 Å². The van der Waals surface area contributed by atoms with Crippen LogP contribution >= 0.6 is 0 Å². The molecule has 1 aromatic carbocycles. The number of pyridine rings is 1. The van der Waals surface area contributed by atoms with Gasteiger partial charge in [0.05, 0.1) is 22.8 Å². The summed E-state index contributed by atoms with van der Waals surface area (Å²) in [4.78, 5) is 17.5. The van der Waals surface area contributed by atoms with Gasteiger partial charge in [0.25, 0.3) is 5.91 Å². The first-order chi connectivity index (χ1) is 14.3. The monoisotopic (exact) mass is 393 g/mol. The van der Waals surface area contributed by atoms with E-state index in [1.165, 1.54) is 5.56 Å². The van der Waals surface area contributed by atoms with Crippen molar-refractivity contribution in [1.82, 2.24) is 20.1 Å². The second-order valence-corrected chi connectivity index (χ2v) is 7.27. The fourth-order valence-electron chi connectivity index (χ4n) is 3.69. The number of rotatable bonds is 7. The van der Waals surface area contributed by atoms with Gasteiger partial charge in [-0.1, -0.05) is 30.3 Å². The number of anilines is 1. The molecular formula is C22H27N5O2. The smallest absolute Gasteiger partial charge is 0.254 e. The summed E-state index contributed by atoms with van der Waals surface area (Å²) in [6, 6.07) is 10.4. The first-order valence-corrected chi connectivity index (χ1v) is 10.3. The van der Waals surface area contributed by atoms with E-state index in [-0.39, 0.29) is 11.9 Å². The maximum absolute atomic E-state index is 13.0. The van der Waals surface area contributed by atoms with Crippen molar-refractivity contribution in [3.8, 4) is 0 Å². The quantitative estimate of drug-likeness (QED) is 0.645. The molecule has 152 valence electrons. The zero-order valence-corrected chi connectivity index (χ0v) is 16.7. The first kappa shape index (κ1) is 19.4. The predicted molar refractivity (Wildman–Crippen MR) is 113 cm³/mol. The molecule has 1 fully saturated rings. The molecule has 0 bridgehead atoms. The minimum Gasteiger partial charge on any atom is -0.381 e. The number of hydrogen-bond donors (Lipinski definition) is 2. The van der Waals surface area contributed by atoms with Gasteiger partial charge in [-0.25, -0.2) is 9.67 Å². The van der Waals surface area contributed by atoms with Crippen LogP contribution in [-0.2, 0) is 17.7 Å². The van der Waals surface area contributed by atoms with Gasteiger partial charge in [-0.15, -0.1) is 0 Å². The van der Waals surface area contributed by atoms with Crippen LogP contribution in [0.5, 0.6) is 0 Å². The second-order valence-electron chi connectivity index (χ2n) is 7.27. The normalized spacial score (nSPS) is 14.8. The Morgan fingerprint density at radius 2 is 2.00 bits per heavy atom. The Balaban J connectivity index is 1.56. The van der Waals surface area contributed by atoms with Gasteiger partial charge in [-0.2, -0.15) is 5.10 Å². The third-order valence-corrected chi connectivity index (χ3v) is 5.32. The third-order valence-electron chi connectivity index (χ3n) is 5.32. The molecule has 1 saturated heterocycles. The Kier molecular flexibility index (Phi) is 6.05. The zero-order chi connectivity index (χ0) is 20.1. The number of ether oxygens (including phenoxy) is 1. The Labute approximate surface area is 170 Å². The number of aryl methyl sites for hydroxylation is 1. The van der Waals surface area contributed by atoms with E-state index in [1.54, 1.807) is 12.4 Å². The van der Waals surface area contributed by atoms with Crippen LogP contribution in [0.2, 0.25) is 0 Å². The second kappa shape index (κ2) is 9.05. The number of carbonyl (C=O) groups excluding carboxylic acids is 1. The molecule has 1 aliphatic rings. The number of benzene rings is 1. The molecule has 2 aromatic heterocycles. The Bertz CT molecular complexity index is 964. The lowest BCUT2D eigenvalue weighted by molar-refractivity contribution is 0.0904. The molecule has 0 radical (unpaired) electrons. The highest BCUT2D eigenvalue weighted by Gasteiger charge is 2.21. The maximum atomic E-state index is 13.0. The molecule has 3 heterocycles. The summed E-state index contributed by atoms with van der Waals surface area (Å²) < 4.78 is 7.32. The largest absolute Gasteiger partial charge is 0.381 e. The standard InChI is InChI=1S/C22H27N5O2/c1-2-27-21-18(15-25-27)20(26-17-9-12-29-13-10-17)19(14-24-21)22(28)23-11-8-16-6-4-3-5-7-16/h3-7,14-15,17H,2,8-13H2,1H3,(H,23,28)(H,24,26). The van der Waals surface area contributed by atoms with Gasteiger partial charge in [-0.05, 0) is 31.7 Å². The molecule has 0 saturated carbocycles. The molecule has 1 amide bonds. The molecule has 0 unspecified atom stereocenters. The lowest BCUT2D eigenvalue weighted by Gasteiger charge is -2.25. The number of carbonyl (C=O) groups is 1. The van der Waals surface area contributed by atoms with Crippen LogP contribution in [0.15, 0.2) is 42.7 Å². The topological polar surface area (TPSA) is 81.1 Å². The summed E-state index contributed by atoms with van der Waals surface area (Å²) in [5.74, 6) is -0.117. The molecule has 3 aromatic rings. The number of nitrogens with one attached hydrogen (secondary N) is 2. The van der Waals surface area contributed by atoms with E-state index in [2.05, 4.69) is 32.8 Å². The van der Waals surface area contributed by atoms with Crippen molar-refractivity contribution in [3.63, 3.8) is 0 Å². The van der Waals surface area contributed by atoms with Crippen LogP contribution in [0.1, 0.15) is 35.7 Å². The van der Waals surface area contributed by atoms with Gasteiger partial charge >= 0.3 is 0 Å². The third kappa shape index (κ3) is 4.40. The molecule has 0 atom stereocenters. The number of fused-ring (bicyclic) bond motifs is 1. The maximum Gasteiger partial charge on any atom is 0.254 e. The van der Waals surface area contributed by atoms with E-state index < -0.39 is 0 Å². The highest BCUT2D eigenvalue weighted by molar-refractivity contribution is 6.06. The van der Waals surface area contributed by atoms with Crippen LogP contribution in [-0.4, -0.2) is 46.5 Å². The first-order valence-electron chi connectivity index (χ1n) is 10.3. The van der Waals surface area contributed by atoms with Gasteiger partial charge < -0.3 is 15.4 Å². The van der Waals surface area contributed by atoms with Crippen molar-refractivity contribution in [2.75, 3.05) is 25.1 Å². The lowest BCUT2D eigenvalue weighted by Crippen LogP contribution is -2.31. The van der Waals surface area contributed by atoms with Crippen molar-refractivity contribution in [2.45, 2.75) is 38.8 Å². The minimum absolute atomic E-state index is 0.117. The van der Waals surface area contributed by atoms with Crippen LogP contribution in [0.25, 0.3) is 11.0 Å².